The van der Waals surface area contributed by atoms with Gasteiger partial charge in [0, 0.05) is 23.7 Å². The number of aryl methyl sites for hydroxylation is 1. The Morgan fingerprint density at radius 1 is 0.909 bits per heavy atom. The molecule has 33 heavy (non-hydrogen) atoms. The number of anilines is 1. The molecule has 4 aromatic rings. The summed E-state index contributed by atoms with van der Waals surface area (Å²) in [4.78, 5) is 4.39. The van der Waals surface area contributed by atoms with Gasteiger partial charge in [-0.05, 0) is 42.8 Å². The second kappa shape index (κ2) is 8.95. The normalized spacial score (nSPS) is 11.3. The van der Waals surface area contributed by atoms with Crippen LogP contribution in [-0.2, 0) is 10.0 Å². The molecule has 7 nitrogen and oxygen atoms in total. The summed E-state index contributed by atoms with van der Waals surface area (Å²) < 4.78 is 58.9. The molecule has 0 unspecified atom stereocenters. The van der Waals surface area contributed by atoms with Crippen LogP contribution in [0.2, 0.25) is 0 Å². The fourth-order valence-electron chi connectivity index (χ4n) is 3.36. The molecule has 0 bridgehead atoms. The van der Waals surface area contributed by atoms with E-state index in [2.05, 4.69) is 9.71 Å². The Kier molecular flexibility index (Phi) is 6.06. The van der Waals surface area contributed by atoms with Crippen molar-refractivity contribution in [3.8, 4) is 23.0 Å². The van der Waals surface area contributed by atoms with E-state index < -0.39 is 15.8 Å². The molecule has 0 atom stereocenters. The SMILES string of the molecule is COc1cc2nccc(Oc3ccc(NS(=O)(=O)c4ccccc4C)c(F)c3)c2cc1OC. The van der Waals surface area contributed by atoms with Crippen LogP contribution < -0.4 is 18.9 Å². The molecule has 1 heterocycles. The number of sulfonamides is 1. The van der Waals surface area contributed by atoms with Crippen molar-refractivity contribution in [3.05, 3.63) is 78.2 Å². The van der Waals surface area contributed by atoms with Crippen LogP contribution in [0.25, 0.3) is 10.9 Å². The number of ether oxygens (including phenoxy) is 3. The minimum Gasteiger partial charge on any atom is -0.493 e. The van der Waals surface area contributed by atoms with Crippen LogP contribution in [0, 0.1) is 12.7 Å². The summed E-state index contributed by atoms with van der Waals surface area (Å²) in [7, 11) is -0.896. The Morgan fingerprint density at radius 2 is 1.64 bits per heavy atom. The minimum absolute atomic E-state index is 0.0809. The molecule has 0 aliphatic heterocycles. The van der Waals surface area contributed by atoms with Gasteiger partial charge in [-0.1, -0.05) is 18.2 Å². The van der Waals surface area contributed by atoms with Crippen LogP contribution in [0.15, 0.2) is 71.8 Å². The summed E-state index contributed by atoms with van der Waals surface area (Å²) in [5.41, 5.74) is 0.979. The molecule has 170 valence electrons. The monoisotopic (exact) mass is 468 g/mol. The van der Waals surface area contributed by atoms with E-state index in [-0.39, 0.29) is 16.3 Å². The molecular formula is C24H21FN2O5S. The highest BCUT2D eigenvalue weighted by atomic mass is 32.2. The van der Waals surface area contributed by atoms with Gasteiger partial charge in [-0.25, -0.2) is 12.8 Å². The highest BCUT2D eigenvalue weighted by Crippen LogP contribution is 2.37. The number of aromatic nitrogens is 1. The average molecular weight is 469 g/mol. The van der Waals surface area contributed by atoms with E-state index in [1.807, 2.05) is 0 Å². The van der Waals surface area contributed by atoms with Crippen molar-refractivity contribution in [1.82, 2.24) is 4.98 Å². The van der Waals surface area contributed by atoms with Crippen LogP contribution in [0.5, 0.6) is 23.0 Å². The molecular weight excluding hydrogens is 447 g/mol. The van der Waals surface area contributed by atoms with Crippen molar-refractivity contribution in [2.75, 3.05) is 18.9 Å². The summed E-state index contributed by atoms with van der Waals surface area (Å²) in [6.45, 7) is 1.67. The van der Waals surface area contributed by atoms with E-state index in [0.717, 1.165) is 6.07 Å². The maximum atomic E-state index is 14.8. The number of halogens is 1. The van der Waals surface area contributed by atoms with Gasteiger partial charge in [-0.3, -0.25) is 9.71 Å². The third kappa shape index (κ3) is 4.54. The van der Waals surface area contributed by atoms with E-state index in [1.165, 1.54) is 32.4 Å². The Hall–Kier alpha value is -3.85. The first kappa shape index (κ1) is 22.3. The minimum atomic E-state index is -3.95. The molecule has 3 aromatic carbocycles. The molecule has 4 rings (SSSR count). The highest BCUT2D eigenvalue weighted by molar-refractivity contribution is 7.92. The van der Waals surface area contributed by atoms with Crippen molar-refractivity contribution in [2.45, 2.75) is 11.8 Å². The maximum Gasteiger partial charge on any atom is 0.262 e. The van der Waals surface area contributed by atoms with Gasteiger partial charge in [0.15, 0.2) is 17.3 Å². The zero-order valence-corrected chi connectivity index (χ0v) is 18.9. The molecule has 1 aromatic heterocycles. The Morgan fingerprint density at radius 3 is 2.33 bits per heavy atom. The van der Waals surface area contributed by atoms with Crippen molar-refractivity contribution >= 4 is 26.6 Å². The van der Waals surface area contributed by atoms with Gasteiger partial charge in [-0.15, -0.1) is 0 Å². The number of rotatable bonds is 7. The lowest BCUT2D eigenvalue weighted by atomic mass is 10.2. The zero-order chi connectivity index (χ0) is 23.6. The van der Waals surface area contributed by atoms with Gasteiger partial charge in [-0.2, -0.15) is 0 Å². The second-order valence-corrected chi connectivity index (χ2v) is 8.80. The number of fused-ring (bicyclic) bond motifs is 1. The summed E-state index contributed by atoms with van der Waals surface area (Å²) in [6, 6.07) is 15.5. The van der Waals surface area contributed by atoms with Crippen LogP contribution >= 0.6 is 0 Å². The molecule has 0 saturated heterocycles. The number of methoxy groups -OCH3 is 2. The number of nitrogens with zero attached hydrogens (tertiary/aromatic N) is 1. The predicted molar refractivity (Wildman–Crippen MR) is 123 cm³/mol. The predicted octanol–water partition coefficient (Wildman–Crippen LogP) is 5.29. The lowest BCUT2D eigenvalue weighted by molar-refractivity contribution is 0.355. The lowest BCUT2D eigenvalue weighted by Crippen LogP contribution is -2.15. The molecule has 1 N–H and O–H groups in total. The van der Waals surface area contributed by atoms with E-state index in [9.17, 15) is 12.8 Å². The Bertz CT molecular complexity index is 1440. The first-order valence-corrected chi connectivity index (χ1v) is 11.4. The van der Waals surface area contributed by atoms with Gasteiger partial charge >= 0.3 is 0 Å². The standard InChI is InChI=1S/C24H21FN2O5S/c1-15-6-4-5-7-24(15)33(28,29)27-19-9-8-16(12-18(19)25)32-21-10-11-26-20-14-23(31-3)22(30-2)13-17(20)21/h4-14,27H,1-3H3. The van der Waals surface area contributed by atoms with E-state index >= 15 is 0 Å². The fraction of sp³-hybridized carbons (Fsp3) is 0.125. The summed E-state index contributed by atoms with van der Waals surface area (Å²) >= 11 is 0. The third-order valence-electron chi connectivity index (χ3n) is 5.00. The molecule has 0 amide bonds. The van der Waals surface area contributed by atoms with Crippen LogP contribution in [-0.4, -0.2) is 27.6 Å². The Balaban J connectivity index is 1.63. The van der Waals surface area contributed by atoms with E-state index in [0.29, 0.717) is 33.7 Å². The van der Waals surface area contributed by atoms with Crippen LogP contribution in [0.4, 0.5) is 10.1 Å². The first-order valence-electron chi connectivity index (χ1n) is 9.89. The largest absolute Gasteiger partial charge is 0.493 e. The van der Waals surface area contributed by atoms with Crippen LogP contribution in [0.1, 0.15) is 5.56 Å². The quantitative estimate of drug-likeness (QED) is 0.396. The number of benzene rings is 3. The van der Waals surface area contributed by atoms with Crippen molar-refractivity contribution in [1.29, 1.82) is 0 Å². The molecule has 0 radical (unpaired) electrons. The molecule has 0 saturated carbocycles. The van der Waals surface area contributed by atoms with Gasteiger partial charge in [0.2, 0.25) is 0 Å². The fourth-order valence-corrected chi connectivity index (χ4v) is 4.68. The van der Waals surface area contributed by atoms with Gasteiger partial charge < -0.3 is 14.2 Å². The van der Waals surface area contributed by atoms with Crippen molar-refractivity contribution in [2.24, 2.45) is 0 Å². The van der Waals surface area contributed by atoms with Gasteiger partial charge in [0.1, 0.15) is 11.5 Å². The summed E-state index contributed by atoms with van der Waals surface area (Å²) in [6.07, 6.45) is 1.56. The number of hydrogen-bond donors (Lipinski definition) is 1. The summed E-state index contributed by atoms with van der Waals surface area (Å²) in [5, 5.41) is 0.639. The molecule has 0 fully saturated rings. The van der Waals surface area contributed by atoms with E-state index in [1.54, 1.807) is 49.5 Å². The molecule has 9 heteroatoms. The number of nitrogens with one attached hydrogen (secondary N) is 1. The van der Waals surface area contributed by atoms with Gasteiger partial charge in [0.05, 0.1) is 30.3 Å². The van der Waals surface area contributed by atoms with Crippen LogP contribution in [0.3, 0.4) is 0 Å². The topological polar surface area (TPSA) is 86.8 Å². The Labute approximate surface area is 190 Å². The number of hydrogen-bond acceptors (Lipinski definition) is 6. The average Bonchev–Trinajstić information content (AvgIpc) is 2.80. The number of pyridine rings is 1. The second-order valence-electron chi connectivity index (χ2n) is 7.15. The molecule has 0 aliphatic carbocycles. The van der Waals surface area contributed by atoms with Crippen molar-refractivity contribution in [3.63, 3.8) is 0 Å². The zero-order valence-electron chi connectivity index (χ0n) is 18.1. The first-order chi connectivity index (χ1) is 15.8. The maximum absolute atomic E-state index is 14.8. The third-order valence-corrected chi connectivity index (χ3v) is 6.53. The summed E-state index contributed by atoms with van der Waals surface area (Å²) in [5.74, 6) is 0.852. The lowest BCUT2D eigenvalue weighted by Gasteiger charge is -2.14. The smallest absolute Gasteiger partial charge is 0.262 e. The molecule has 0 spiro atoms. The molecule has 0 aliphatic rings. The highest BCUT2D eigenvalue weighted by Gasteiger charge is 2.19. The van der Waals surface area contributed by atoms with Crippen molar-refractivity contribution < 1.29 is 27.0 Å². The van der Waals surface area contributed by atoms with E-state index in [4.69, 9.17) is 14.2 Å². The van der Waals surface area contributed by atoms with Gasteiger partial charge in [0.25, 0.3) is 10.0 Å².